The van der Waals surface area contributed by atoms with Crippen LogP contribution in [0.25, 0.3) is 0 Å². The van der Waals surface area contributed by atoms with E-state index in [1.54, 1.807) is 17.0 Å². The van der Waals surface area contributed by atoms with Crippen molar-refractivity contribution in [3.63, 3.8) is 0 Å². The Morgan fingerprint density at radius 1 is 0.973 bits per heavy atom. The van der Waals surface area contributed by atoms with E-state index in [4.69, 9.17) is 9.16 Å². The Bertz CT molecular complexity index is 1140. The summed E-state index contributed by atoms with van der Waals surface area (Å²) in [6.07, 6.45) is -2.40. The first-order valence-corrected chi connectivity index (χ1v) is 14.6. The monoisotopic (exact) mass is 521 g/mol. The van der Waals surface area contributed by atoms with Crippen molar-refractivity contribution < 1.29 is 23.5 Å². The minimum absolute atomic E-state index is 0.265. The molecule has 1 aliphatic rings. The largest absolute Gasteiger partial charge is 0.402 e. The van der Waals surface area contributed by atoms with Crippen LogP contribution in [0.2, 0.25) is 5.04 Å². The minimum atomic E-state index is -2.94. The Morgan fingerprint density at radius 3 is 1.97 bits per heavy atom. The number of ether oxygens (including phenoxy) is 1. The molecule has 4 rings (SSSR count). The molecule has 1 heterocycles. The summed E-state index contributed by atoms with van der Waals surface area (Å²) in [5.74, 6) is -0.880. The van der Waals surface area contributed by atoms with Gasteiger partial charge in [0.25, 0.3) is 14.2 Å². The summed E-state index contributed by atoms with van der Waals surface area (Å²) >= 11 is 0. The van der Waals surface area contributed by atoms with Crippen molar-refractivity contribution in [3.8, 4) is 0 Å². The van der Waals surface area contributed by atoms with Crippen molar-refractivity contribution in [2.45, 2.75) is 64.2 Å². The number of halogens is 1. The van der Waals surface area contributed by atoms with Crippen LogP contribution in [0.5, 0.6) is 0 Å². The van der Waals surface area contributed by atoms with Gasteiger partial charge in [0.05, 0.1) is 18.2 Å². The normalized spacial score (nSPS) is 20.5. The molecule has 1 amide bonds. The van der Waals surface area contributed by atoms with Gasteiger partial charge in [0.1, 0.15) is 5.82 Å². The van der Waals surface area contributed by atoms with Crippen molar-refractivity contribution in [2.75, 3.05) is 6.54 Å². The summed E-state index contributed by atoms with van der Waals surface area (Å²) in [4.78, 5) is 14.8. The number of carbonyl (C=O) groups excluding carboxylic acids is 1. The molecule has 0 bridgehead atoms. The molecule has 196 valence electrons. The van der Waals surface area contributed by atoms with Crippen LogP contribution < -0.4 is 10.4 Å². The number of rotatable bonds is 7. The van der Waals surface area contributed by atoms with Crippen molar-refractivity contribution in [1.29, 1.82) is 0 Å². The molecule has 0 radical (unpaired) electrons. The summed E-state index contributed by atoms with van der Waals surface area (Å²) in [5.41, 5.74) is 0.737. The third-order valence-electron chi connectivity index (χ3n) is 7.08. The van der Waals surface area contributed by atoms with E-state index in [1.807, 2.05) is 50.2 Å². The molecular weight excluding hydrogens is 485 g/mol. The molecule has 0 aliphatic carbocycles. The summed E-state index contributed by atoms with van der Waals surface area (Å²) in [5, 5.41) is 12.3. The fourth-order valence-corrected chi connectivity index (χ4v) is 10.2. The Kier molecular flexibility index (Phi) is 7.99. The van der Waals surface area contributed by atoms with Gasteiger partial charge in [0.15, 0.2) is 0 Å². The van der Waals surface area contributed by atoms with Gasteiger partial charge >= 0.3 is 0 Å². The highest BCUT2D eigenvalue weighted by molar-refractivity contribution is 6.99. The third kappa shape index (κ3) is 5.41. The molecular formula is C30H36FNO4Si. The van der Waals surface area contributed by atoms with Gasteiger partial charge < -0.3 is 19.2 Å². The Morgan fingerprint density at radius 2 is 1.49 bits per heavy atom. The first-order valence-electron chi connectivity index (χ1n) is 12.7. The predicted molar refractivity (Wildman–Crippen MR) is 146 cm³/mol. The smallest absolute Gasteiger partial charge is 0.280 e. The SMILES string of the molecule is CC1CN([C@H](c2ccc(F)cc2)[C@@H](C)O[Si](c2ccccc2)(c2ccccc2)C(C)(C)C)C(=O)C(O)O1. The lowest BCUT2D eigenvalue weighted by Crippen LogP contribution is -2.68. The summed E-state index contributed by atoms with van der Waals surface area (Å²) in [7, 11) is -2.94. The zero-order chi connectivity index (χ0) is 26.8. The highest BCUT2D eigenvalue weighted by Gasteiger charge is 2.52. The maximum Gasteiger partial charge on any atom is 0.280 e. The van der Waals surface area contributed by atoms with E-state index in [1.165, 1.54) is 12.1 Å². The van der Waals surface area contributed by atoms with Gasteiger partial charge in [-0.3, -0.25) is 4.79 Å². The lowest BCUT2D eigenvalue weighted by Gasteiger charge is -2.48. The van der Waals surface area contributed by atoms with Crippen LogP contribution in [0, 0.1) is 5.82 Å². The van der Waals surface area contributed by atoms with E-state index in [0.29, 0.717) is 0 Å². The predicted octanol–water partition coefficient (Wildman–Crippen LogP) is 4.40. The molecule has 4 atom stereocenters. The molecule has 0 aromatic heterocycles. The molecule has 1 aliphatic heterocycles. The number of carbonyl (C=O) groups is 1. The number of aliphatic hydroxyl groups is 1. The molecule has 7 heteroatoms. The van der Waals surface area contributed by atoms with E-state index in [0.717, 1.165) is 15.9 Å². The third-order valence-corrected chi connectivity index (χ3v) is 12.2. The molecule has 1 fully saturated rings. The summed E-state index contributed by atoms with van der Waals surface area (Å²) in [6.45, 7) is 10.7. The van der Waals surface area contributed by atoms with Gasteiger partial charge in [-0.1, -0.05) is 93.6 Å². The second kappa shape index (κ2) is 10.9. The van der Waals surface area contributed by atoms with Crippen LogP contribution in [-0.4, -0.2) is 49.3 Å². The standard InChI is InChI=1S/C30H36FNO4Si/c1-21-20-32(28(33)29(34)35-21)27(23-16-18-24(31)19-17-23)22(2)36-37(30(3,4)5,25-12-8-6-9-13-25)26-14-10-7-11-15-26/h6-19,21-22,27,29,34H,20H2,1-5H3/t21?,22-,27+,29?/m1/s1. The average Bonchev–Trinajstić information content (AvgIpc) is 2.87. The van der Waals surface area contributed by atoms with Crippen molar-refractivity contribution in [1.82, 2.24) is 4.90 Å². The van der Waals surface area contributed by atoms with Gasteiger partial charge in [-0.15, -0.1) is 0 Å². The molecule has 5 nitrogen and oxygen atoms in total. The zero-order valence-electron chi connectivity index (χ0n) is 22.1. The molecule has 1 saturated heterocycles. The summed E-state index contributed by atoms with van der Waals surface area (Å²) < 4.78 is 26.6. The number of amides is 1. The number of hydrogen-bond donors (Lipinski definition) is 1. The fourth-order valence-electron chi connectivity index (χ4n) is 5.48. The summed E-state index contributed by atoms with van der Waals surface area (Å²) in [6, 6.07) is 26.2. The second-order valence-corrected chi connectivity index (χ2v) is 15.0. The Labute approximate surface area is 220 Å². The maximum atomic E-state index is 13.9. The lowest BCUT2D eigenvalue weighted by molar-refractivity contribution is -0.203. The van der Waals surface area contributed by atoms with Gasteiger partial charge in [0, 0.05) is 6.54 Å². The molecule has 3 aromatic carbocycles. The first-order chi connectivity index (χ1) is 17.5. The average molecular weight is 522 g/mol. The molecule has 1 N–H and O–H groups in total. The van der Waals surface area contributed by atoms with Crippen molar-refractivity contribution in [2.24, 2.45) is 0 Å². The molecule has 2 unspecified atom stereocenters. The van der Waals surface area contributed by atoms with Gasteiger partial charge in [-0.25, -0.2) is 4.39 Å². The van der Waals surface area contributed by atoms with Crippen LogP contribution in [0.4, 0.5) is 4.39 Å². The zero-order valence-corrected chi connectivity index (χ0v) is 23.1. The molecule has 3 aromatic rings. The van der Waals surface area contributed by atoms with Crippen LogP contribution in [0.15, 0.2) is 84.9 Å². The van der Waals surface area contributed by atoms with Gasteiger partial charge in [0.2, 0.25) is 6.29 Å². The van der Waals surface area contributed by atoms with E-state index in [-0.39, 0.29) is 23.5 Å². The highest BCUT2D eigenvalue weighted by Crippen LogP contribution is 2.40. The lowest BCUT2D eigenvalue weighted by atomic mass is 9.99. The van der Waals surface area contributed by atoms with Crippen molar-refractivity contribution >= 4 is 24.6 Å². The first kappa shape index (κ1) is 27.2. The maximum absolute atomic E-state index is 13.9. The number of nitrogens with zero attached hydrogens (tertiary/aromatic N) is 1. The second-order valence-electron chi connectivity index (χ2n) is 10.8. The van der Waals surface area contributed by atoms with E-state index < -0.39 is 32.7 Å². The van der Waals surface area contributed by atoms with Crippen LogP contribution in [-0.2, 0) is 14.0 Å². The van der Waals surface area contributed by atoms with E-state index >= 15 is 0 Å². The van der Waals surface area contributed by atoms with E-state index in [9.17, 15) is 14.3 Å². The quantitative estimate of drug-likeness (QED) is 0.469. The van der Waals surface area contributed by atoms with Crippen molar-refractivity contribution in [3.05, 3.63) is 96.3 Å². The number of aliphatic hydroxyl groups excluding tert-OH is 1. The van der Waals surface area contributed by atoms with Crippen LogP contribution in [0.1, 0.15) is 46.2 Å². The Balaban J connectivity index is 1.87. The topological polar surface area (TPSA) is 59.0 Å². The van der Waals surface area contributed by atoms with Crippen LogP contribution in [0.3, 0.4) is 0 Å². The Hall–Kier alpha value is -2.84. The fraction of sp³-hybridized carbons (Fsp3) is 0.367. The minimum Gasteiger partial charge on any atom is -0.402 e. The van der Waals surface area contributed by atoms with Gasteiger partial charge in [-0.2, -0.15) is 0 Å². The molecule has 37 heavy (non-hydrogen) atoms. The number of hydrogen-bond acceptors (Lipinski definition) is 4. The highest BCUT2D eigenvalue weighted by atomic mass is 28.4. The number of benzene rings is 3. The molecule has 0 saturated carbocycles. The van der Waals surface area contributed by atoms with Gasteiger partial charge in [-0.05, 0) is 47.0 Å². The van der Waals surface area contributed by atoms with Crippen LogP contribution >= 0.6 is 0 Å². The molecule has 0 spiro atoms. The van der Waals surface area contributed by atoms with E-state index in [2.05, 4.69) is 45.0 Å². The number of morpholine rings is 1.